The molecular weight excluding hydrogens is 379 g/mol. The van der Waals surface area contributed by atoms with E-state index in [4.69, 9.17) is 4.52 Å². The maximum absolute atomic E-state index is 13.4. The van der Waals surface area contributed by atoms with Crippen LogP contribution in [0.3, 0.4) is 0 Å². The molecule has 7 nitrogen and oxygen atoms in total. The number of rotatable bonds is 7. The first-order chi connectivity index (χ1) is 13.7. The average molecular weight is 396 g/mol. The molecule has 4 aromatic rings. The number of aromatic nitrogens is 6. The predicted octanol–water partition coefficient (Wildman–Crippen LogP) is 4.10. The molecule has 142 valence electrons. The van der Waals surface area contributed by atoms with E-state index in [1.54, 1.807) is 24.5 Å². The molecule has 0 aliphatic heterocycles. The lowest BCUT2D eigenvalue weighted by Crippen LogP contribution is -2.00. The van der Waals surface area contributed by atoms with Crippen LogP contribution in [0.25, 0.3) is 17.1 Å². The first-order valence-corrected chi connectivity index (χ1v) is 9.79. The summed E-state index contributed by atoms with van der Waals surface area (Å²) >= 11 is 1.43. The SMILES string of the molecule is CCCc1noc(CSc2nnc(-c3ccncc3)n2-c2ccc(F)cc2)n1. The van der Waals surface area contributed by atoms with Crippen LogP contribution in [0.2, 0.25) is 0 Å². The lowest BCUT2D eigenvalue weighted by molar-refractivity contribution is 0.384. The number of hydrogen-bond acceptors (Lipinski definition) is 7. The van der Waals surface area contributed by atoms with E-state index in [0.29, 0.717) is 28.4 Å². The Labute approximate surface area is 165 Å². The van der Waals surface area contributed by atoms with Crippen LogP contribution < -0.4 is 0 Å². The molecule has 0 spiro atoms. The molecular formula is C19H17FN6OS. The van der Waals surface area contributed by atoms with Gasteiger partial charge in [0.15, 0.2) is 16.8 Å². The Morgan fingerprint density at radius 1 is 1.07 bits per heavy atom. The van der Waals surface area contributed by atoms with Gasteiger partial charge in [-0.25, -0.2) is 4.39 Å². The number of pyridine rings is 1. The molecule has 0 saturated carbocycles. The molecule has 0 unspecified atom stereocenters. The summed E-state index contributed by atoms with van der Waals surface area (Å²) in [5, 5.41) is 13.3. The second-order valence-electron chi connectivity index (χ2n) is 6.00. The van der Waals surface area contributed by atoms with Crippen LogP contribution in [0.1, 0.15) is 25.1 Å². The van der Waals surface area contributed by atoms with Gasteiger partial charge in [0.05, 0.1) is 5.75 Å². The molecule has 3 aromatic heterocycles. The van der Waals surface area contributed by atoms with Gasteiger partial charge in [-0.05, 0) is 42.8 Å². The number of aryl methyl sites for hydroxylation is 1. The average Bonchev–Trinajstić information content (AvgIpc) is 3.35. The summed E-state index contributed by atoms with van der Waals surface area (Å²) in [6.07, 6.45) is 5.13. The Balaban J connectivity index is 1.66. The molecule has 0 aliphatic rings. The third-order valence-electron chi connectivity index (χ3n) is 3.97. The van der Waals surface area contributed by atoms with Crippen molar-refractivity contribution in [1.29, 1.82) is 0 Å². The van der Waals surface area contributed by atoms with Gasteiger partial charge in [-0.1, -0.05) is 23.8 Å². The van der Waals surface area contributed by atoms with Gasteiger partial charge in [0.25, 0.3) is 0 Å². The van der Waals surface area contributed by atoms with E-state index in [2.05, 4.69) is 32.2 Å². The van der Waals surface area contributed by atoms with Crippen molar-refractivity contribution in [1.82, 2.24) is 29.9 Å². The molecule has 4 rings (SSSR count). The van der Waals surface area contributed by atoms with Crippen LogP contribution in [0, 0.1) is 5.82 Å². The summed E-state index contributed by atoms with van der Waals surface area (Å²) in [7, 11) is 0. The maximum atomic E-state index is 13.4. The highest BCUT2D eigenvalue weighted by atomic mass is 32.2. The van der Waals surface area contributed by atoms with Crippen LogP contribution >= 0.6 is 11.8 Å². The quantitative estimate of drug-likeness (QED) is 0.435. The summed E-state index contributed by atoms with van der Waals surface area (Å²) in [6, 6.07) is 9.92. The van der Waals surface area contributed by atoms with Crippen LogP contribution in [0.15, 0.2) is 58.5 Å². The highest BCUT2D eigenvalue weighted by molar-refractivity contribution is 7.98. The van der Waals surface area contributed by atoms with Crippen molar-refractivity contribution >= 4 is 11.8 Å². The largest absolute Gasteiger partial charge is 0.338 e. The van der Waals surface area contributed by atoms with Gasteiger partial charge in [0, 0.05) is 30.1 Å². The Bertz CT molecular complexity index is 1050. The van der Waals surface area contributed by atoms with Crippen molar-refractivity contribution in [2.45, 2.75) is 30.7 Å². The van der Waals surface area contributed by atoms with E-state index in [-0.39, 0.29) is 5.82 Å². The van der Waals surface area contributed by atoms with Crippen molar-refractivity contribution < 1.29 is 8.91 Å². The molecule has 0 N–H and O–H groups in total. The molecule has 1 aromatic carbocycles. The van der Waals surface area contributed by atoms with Crippen LogP contribution in [-0.4, -0.2) is 29.9 Å². The number of benzene rings is 1. The minimum atomic E-state index is -0.300. The zero-order valence-electron chi connectivity index (χ0n) is 15.1. The zero-order valence-corrected chi connectivity index (χ0v) is 15.9. The second-order valence-corrected chi connectivity index (χ2v) is 6.94. The minimum Gasteiger partial charge on any atom is -0.338 e. The summed E-state index contributed by atoms with van der Waals surface area (Å²) in [6.45, 7) is 2.07. The topological polar surface area (TPSA) is 82.5 Å². The van der Waals surface area contributed by atoms with E-state index >= 15 is 0 Å². The molecule has 0 fully saturated rings. The van der Waals surface area contributed by atoms with Gasteiger partial charge in [-0.3, -0.25) is 9.55 Å². The van der Waals surface area contributed by atoms with E-state index in [0.717, 1.165) is 24.1 Å². The van der Waals surface area contributed by atoms with Gasteiger partial charge >= 0.3 is 0 Å². The summed E-state index contributed by atoms with van der Waals surface area (Å²) < 4.78 is 20.6. The van der Waals surface area contributed by atoms with Gasteiger partial charge in [-0.2, -0.15) is 4.98 Å². The van der Waals surface area contributed by atoms with Crippen LogP contribution in [0.4, 0.5) is 4.39 Å². The Morgan fingerprint density at radius 3 is 2.61 bits per heavy atom. The fourth-order valence-corrected chi connectivity index (χ4v) is 3.46. The fraction of sp³-hybridized carbons (Fsp3) is 0.211. The summed E-state index contributed by atoms with van der Waals surface area (Å²) in [5.41, 5.74) is 1.62. The van der Waals surface area contributed by atoms with E-state index in [9.17, 15) is 4.39 Å². The normalized spacial score (nSPS) is 11.1. The third kappa shape index (κ3) is 3.94. The molecule has 3 heterocycles. The molecule has 0 saturated heterocycles. The predicted molar refractivity (Wildman–Crippen MR) is 102 cm³/mol. The van der Waals surface area contributed by atoms with E-state index in [1.807, 2.05) is 16.7 Å². The highest BCUT2D eigenvalue weighted by Crippen LogP contribution is 2.29. The minimum absolute atomic E-state index is 0.300. The van der Waals surface area contributed by atoms with Crippen molar-refractivity contribution in [3.63, 3.8) is 0 Å². The lowest BCUT2D eigenvalue weighted by atomic mass is 10.2. The van der Waals surface area contributed by atoms with Gasteiger partial charge in [0.2, 0.25) is 5.89 Å². The Morgan fingerprint density at radius 2 is 1.86 bits per heavy atom. The van der Waals surface area contributed by atoms with Crippen molar-refractivity contribution in [3.05, 3.63) is 66.3 Å². The number of hydrogen-bond donors (Lipinski definition) is 0. The summed E-state index contributed by atoms with van der Waals surface area (Å²) in [4.78, 5) is 8.43. The standard InChI is InChI=1S/C19H17FN6OS/c1-2-3-16-22-17(27-25-16)12-28-19-24-23-18(13-8-10-21-11-9-13)26(19)15-6-4-14(20)5-7-15/h4-11H,2-3,12H2,1H3. The van der Waals surface area contributed by atoms with Crippen molar-refractivity contribution in [2.75, 3.05) is 0 Å². The molecule has 28 heavy (non-hydrogen) atoms. The van der Waals surface area contributed by atoms with Crippen LogP contribution in [0.5, 0.6) is 0 Å². The van der Waals surface area contributed by atoms with E-state index in [1.165, 1.54) is 23.9 Å². The van der Waals surface area contributed by atoms with Gasteiger partial charge < -0.3 is 4.52 Å². The highest BCUT2D eigenvalue weighted by Gasteiger charge is 2.17. The van der Waals surface area contributed by atoms with Crippen molar-refractivity contribution in [3.8, 4) is 17.1 Å². The molecule has 0 radical (unpaired) electrons. The van der Waals surface area contributed by atoms with E-state index < -0.39 is 0 Å². The third-order valence-corrected chi connectivity index (χ3v) is 4.88. The lowest BCUT2D eigenvalue weighted by Gasteiger charge is -2.09. The summed E-state index contributed by atoms with van der Waals surface area (Å²) in [5.74, 6) is 2.05. The fourth-order valence-electron chi connectivity index (χ4n) is 2.67. The first kappa shape index (κ1) is 18.3. The number of nitrogens with zero attached hydrogens (tertiary/aromatic N) is 6. The second kappa shape index (κ2) is 8.30. The molecule has 0 atom stereocenters. The smallest absolute Gasteiger partial charge is 0.237 e. The monoisotopic (exact) mass is 396 g/mol. The maximum Gasteiger partial charge on any atom is 0.237 e. The number of halogens is 1. The molecule has 0 amide bonds. The first-order valence-electron chi connectivity index (χ1n) is 8.80. The zero-order chi connectivity index (χ0) is 19.3. The van der Waals surface area contributed by atoms with Gasteiger partial charge in [0.1, 0.15) is 5.82 Å². The molecule has 0 aliphatic carbocycles. The van der Waals surface area contributed by atoms with Gasteiger partial charge in [-0.15, -0.1) is 10.2 Å². The van der Waals surface area contributed by atoms with Crippen LogP contribution in [-0.2, 0) is 12.2 Å². The Hall–Kier alpha value is -3.07. The number of thioether (sulfide) groups is 1. The molecule has 0 bridgehead atoms. The Kier molecular flexibility index (Phi) is 5.43. The molecule has 9 heteroatoms. The van der Waals surface area contributed by atoms with Crippen molar-refractivity contribution in [2.24, 2.45) is 0 Å².